The standard InChI is InChI=1S/C15H23N3O/c1-12(2)18(11-14-5-3-4-8-17-14)15(19)13-6-9-16-10-7-13/h3-5,8,12-13,16H,6-7,9-11H2,1-2H3. The first-order valence-corrected chi connectivity index (χ1v) is 7.09. The summed E-state index contributed by atoms with van der Waals surface area (Å²) in [5.41, 5.74) is 0.957. The predicted molar refractivity (Wildman–Crippen MR) is 75.5 cm³/mol. The first-order chi connectivity index (χ1) is 9.18. The minimum absolute atomic E-state index is 0.173. The van der Waals surface area contributed by atoms with Gasteiger partial charge in [-0.05, 0) is 51.9 Å². The van der Waals surface area contributed by atoms with Crippen molar-refractivity contribution in [2.24, 2.45) is 5.92 Å². The minimum Gasteiger partial charge on any atom is -0.334 e. The Morgan fingerprint density at radius 1 is 1.42 bits per heavy atom. The molecule has 0 radical (unpaired) electrons. The molecule has 104 valence electrons. The van der Waals surface area contributed by atoms with Crippen molar-refractivity contribution in [3.05, 3.63) is 30.1 Å². The van der Waals surface area contributed by atoms with Crippen LogP contribution in [0.1, 0.15) is 32.4 Å². The van der Waals surface area contributed by atoms with Crippen LogP contribution in [0, 0.1) is 5.92 Å². The molecule has 0 aromatic carbocycles. The highest BCUT2D eigenvalue weighted by Gasteiger charge is 2.27. The second-order valence-corrected chi connectivity index (χ2v) is 5.41. The molecule has 1 amide bonds. The molecule has 0 bridgehead atoms. The monoisotopic (exact) mass is 261 g/mol. The Balaban J connectivity index is 2.04. The Bertz CT molecular complexity index is 399. The number of rotatable bonds is 4. The van der Waals surface area contributed by atoms with E-state index in [9.17, 15) is 4.79 Å². The summed E-state index contributed by atoms with van der Waals surface area (Å²) in [5, 5.41) is 3.30. The van der Waals surface area contributed by atoms with E-state index in [2.05, 4.69) is 24.1 Å². The first kappa shape index (κ1) is 14.0. The van der Waals surface area contributed by atoms with Crippen LogP contribution in [-0.4, -0.2) is 34.9 Å². The maximum atomic E-state index is 12.6. The summed E-state index contributed by atoms with van der Waals surface area (Å²) in [4.78, 5) is 18.9. The molecular weight excluding hydrogens is 238 g/mol. The normalized spacial score (nSPS) is 16.6. The third kappa shape index (κ3) is 3.77. The van der Waals surface area contributed by atoms with E-state index in [1.165, 1.54) is 0 Å². The van der Waals surface area contributed by atoms with Crippen molar-refractivity contribution >= 4 is 5.91 Å². The molecule has 1 aromatic rings. The fraction of sp³-hybridized carbons (Fsp3) is 0.600. The van der Waals surface area contributed by atoms with E-state index in [4.69, 9.17) is 0 Å². The molecule has 0 spiro atoms. The molecule has 1 fully saturated rings. The molecule has 2 heterocycles. The summed E-state index contributed by atoms with van der Waals surface area (Å²) in [5.74, 6) is 0.453. The second kappa shape index (κ2) is 6.66. The topological polar surface area (TPSA) is 45.2 Å². The molecule has 4 nitrogen and oxygen atoms in total. The molecule has 1 aromatic heterocycles. The molecule has 4 heteroatoms. The van der Waals surface area contributed by atoms with Gasteiger partial charge in [0.05, 0.1) is 12.2 Å². The summed E-state index contributed by atoms with van der Waals surface area (Å²) >= 11 is 0. The number of carbonyl (C=O) groups is 1. The number of hydrogen-bond acceptors (Lipinski definition) is 3. The highest BCUT2D eigenvalue weighted by atomic mass is 16.2. The van der Waals surface area contributed by atoms with E-state index < -0.39 is 0 Å². The van der Waals surface area contributed by atoms with Crippen LogP contribution in [0.4, 0.5) is 0 Å². The van der Waals surface area contributed by atoms with Crippen molar-refractivity contribution in [2.45, 2.75) is 39.3 Å². The average molecular weight is 261 g/mol. The summed E-state index contributed by atoms with van der Waals surface area (Å²) < 4.78 is 0. The Labute approximate surface area is 115 Å². The number of pyridine rings is 1. The van der Waals surface area contributed by atoms with Crippen molar-refractivity contribution in [1.29, 1.82) is 0 Å². The lowest BCUT2D eigenvalue weighted by Gasteiger charge is -2.32. The van der Waals surface area contributed by atoms with Crippen LogP contribution in [0.5, 0.6) is 0 Å². The van der Waals surface area contributed by atoms with Gasteiger partial charge in [0, 0.05) is 18.2 Å². The van der Waals surface area contributed by atoms with Crippen molar-refractivity contribution in [3.63, 3.8) is 0 Å². The fourth-order valence-electron chi connectivity index (χ4n) is 2.48. The second-order valence-electron chi connectivity index (χ2n) is 5.41. The highest BCUT2D eigenvalue weighted by molar-refractivity contribution is 5.79. The molecule has 0 aliphatic carbocycles. The summed E-state index contributed by atoms with van der Waals surface area (Å²) in [7, 11) is 0. The number of amides is 1. The van der Waals surface area contributed by atoms with Gasteiger partial charge in [-0.2, -0.15) is 0 Å². The lowest BCUT2D eigenvalue weighted by Crippen LogP contribution is -2.43. The fourth-order valence-corrected chi connectivity index (χ4v) is 2.48. The molecule has 1 N–H and O–H groups in total. The van der Waals surface area contributed by atoms with Gasteiger partial charge >= 0.3 is 0 Å². The summed E-state index contributed by atoms with van der Waals surface area (Å²) in [6.45, 7) is 6.66. The number of carbonyl (C=O) groups excluding carboxylic acids is 1. The number of nitrogens with zero attached hydrogens (tertiary/aromatic N) is 2. The SMILES string of the molecule is CC(C)N(Cc1ccccn1)C(=O)C1CCNCC1. The van der Waals surface area contributed by atoms with E-state index >= 15 is 0 Å². The largest absolute Gasteiger partial charge is 0.334 e. The van der Waals surface area contributed by atoms with E-state index in [0.29, 0.717) is 6.54 Å². The zero-order valence-electron chi connectivity index (χ0n) is 11.8. The van der Waals surface area contributed by atoms with Crippen LogP contribution in [0.2, 0.25) is 0 Å². The van der Waals surface area contributed by atoms with E-state index in [-0.39, 0.29) is 17.9 Å². The Morgan fingerprint density at radius 2 is 2.16 bits per heavy atom. The van der Waals surface area contributed by atoms with Crippen LogP contribution < -0.4 is 5.32 Å². The van der Waals surface area contributed by atoms with Crippen molar-refractivity contribution < 1.29 is 4.79 Å². The molecule has 0 unspecified atom stereocenters. The van der Waals surface area contributed by atoms with Gasteiger partial charge in [-0.25, -0.2) is 0 Å². The lowest BCUT2D eigenvalue weighted by atomic mass is 9.96. The molecule has 2 rings (SSSR count). The Morgan fingerprint density at radius 3 is 2.74 bits per heavy atom. The zero-order valence-corrected chi connectivity index (χ0v) is 11.8. The highest BCUT2D eigenvalue weighted by Crippen LogP contribution is 2.18. The first-order valence-electron chi connectivity index (χ1n) is 7.09. The minimum atomic E-state index is 0.173. The lowest BCUT2D eigenvalue weighted by molar-refractivity contribution is -0.138. The Hall–Kier alpha value is -1.42. The van der Waals surface area contributed by atoms with Gasteiger partial charge < -0.3 is 10.2 Å². The smallest absolute Gasteiger partial charge is 0.226 e. The van der Waals surface area contributed by atoms with Crippen LogP contribution in [0.15, 0.2) is 24.4 Å². The molecule has 0 atom stereocenters. The number of hydrogen-bond donors (Lipinski definition) is 1. The van der Waals surface area contributed by atoms with E-state index in [0.717, 1.165) is 31.6 Å². The number of aromatic nitrogens is 1. The predicted octanol–water partition coefficient (Wildman–Crippen LogP) is 1.82. The molecular formula is C15H23N3O. The van der Waals surface area contributed by atoms with Gasteiger partial charge in [0.15, 0.2) is 0 Å². The van der Waals surface area contributed by atoms with Gasteiger partial charge in [0.1, 0.15) is 0 Å². The average Bonchev–Trinajstić information content (AvgIpc) is 2.46. The quantitative estimate of drug-likeness (QED) is 0.899. The van der Waals surface area contributed by atoms with Gasteiger partial charge in [-0.15, -0.1) is 0 Å². The zero-order chi connectivity index (χ0) is 13.7. The molecule has 1 saturated heterocycles. The van der Waals surface area contributed by atoms with Crippen molar-refractivity contribution in [3.8, 4) is 0 Å². The van der Waals surface area contributed by atoms with Crippen molar-refractivity contribution in [2.75, 3.05) is 13.1 Å². The van der Waals surface area contributed by atoms with Gasteiger partial charge in [0.2, 0.25) is 5.91 Å². The Kier molecular flexibility index (Phi) is 4.91. The third-order valence-corrected chi connectivity index (χ3v) is 3.65. The van der Waals surface area contributed by atoms with E-state index in [1.807, 2.05) is 23.1 Å². The summed E-state index contributed by atoms with van der Waals surface area (Å²) in [6, 6.07) is 6.06. The maximum absolute atomic E-state index is 12.6. The van der Waals surface area contributed by atoms with Crippen molar-refractivity contribution in [1.82, 2.24) is 15.2 Å². The van der Waals surface area contributed by atoms with Gasteiger partial charge in [0.25, 0.3) is 0 Å². The van der Waals surface area contributed by atoms with Crippen LogP contribution in [0.25, 0.3) is 0 Å². The molecule has 1 aliphatic rings. The molecule has 19 heavy (non-hydrogen) atoms. The third-order valence-electron chi connectivity index (χ3n) is 3.65. The van der Waals surface area contributed by atoms with Gasteiger partial charge in [-0.1, -0.05) is 6.07 Å². The van der Waals surface area contributed by atoms with Gasteiger partial charge in [-0.3, -0.25) is 9.78 Å². The number of nitrogens with one attached hydrogen (secondary N) is 1. The van der Waals surface area contributed by atoms with E-state index in [1.54, 1.807) is 6.20 Å². The number of piperidine rings is 1. The van der Waals surface area contributed by atoms with Crippen LogP contribution in [-0.2, 0) is 11.3 Å². The maximum Gasteiger partial charge on any atom is 0.226 e. The van der Waals surface area contributed by atoms with Crippen LogP contribution in [0.3, 0.4) is 0 Å². The van der Waals surface area contributed by atoms with Crippen LogP contribution >= 0.6 is 0 Å². The summed E-state index contributed by atoms with van der Waals surface area (Å²) in [6.07, 6.45) is 3.68. The molecule has 1 aliphatic heterocycles. The molecule has 0 saturated carbocycles.